The Balaban J connectivity index is 1.59. The van der Waals surface area contributed by atoms with Crippen molar-refractivity contribution in [3.05, 3.63) is 82.9 Å². The van der Waals surface area contributed by atoms with E-state index < -0.39 is 10.9 Å². The molecule has 4 aromatic rings. The molecule has 0 bridgehead atoms. The SMILES string of the molecule is COC(=O)CNc1nc(Nc2ccc(Oc3ccccc3)cc2)nc2ccc([N+](=O)[O-])cc12. The van der Waals surface area contributed by atoms with Crippen molar-refractivity contribution in [3.63, 3.8) is 0 Å². The maximum atomic E-state index is 11.6. The van der Waals surface area contributed by atoms with Gasteiger partial charge < -0.3 is 20.1 Å². The van der Waals surface area contributed by atoms with Gasteiger partial charge in [0.15, 0.2) is 0 Å². The summed E-state index contributed by atoms with van der Waals surface area (Å²) in [6.07, 6.45) is 0. The van der Waals surface area contributed by atoms with Crippen LogP contribution in [0.15, 0.2) is 72.8 Å². The third-order valence-corrected chi connectivity index (χ3v) is 4.61. The molecular formula is C23H19N5O5. The molecule has 0 spiro atoms. The van der Waals surface area contributed by atoms with E-state index in [1.54, 1.807) is 12.1 Å². The largest absolute Gasteiger partial charge is 0.468 e. The minimum Gasteiger partial charge on any atom is -0.468 e. The van der Waals surface area contributed by atoms with Crippen LogP contribution in [-0.4, -0.2) is 34.5 Å². The number of aromatic nitrogens is 2. The fraction of sp³-hybridized carbons (Fsp3) is 0.0870. The standard InChI is InChI=1S/C23H19N5O5/c1-32-21(29)14-24-22-19-13-16(28(30)31)9-12-20(19)26-23(27-22)25-15-7-10-18(11-8-15)33-17-5-3-2-4-6-17/h2-13H,14H2,1H3,(H2,24,25,26,27). The summed E-state index contributed by atoms with van der Waals surface area (Å²) in [7, 11) is 1.27. The number of carbonyl (C=O) groups excluding carboxylic acids is 1. The second kappa shape index (κ2) is 9.60. The fourth-order valence-electron chi connectivity index (χ4n) is 3.01. The summed E-state index contributed by atoms with van der Waals surface area (Å²) in [5.74, 6) is 1.40. The summed E-state index contributed by atoms with van der Waals surface area (Å²) >= 11 is 0. The van der Waals surface area contributed by atoms with E-state index in [1.807, 2.05) is 42.5 Å². The molecule has 0 atom stereocenters. The Hall–Kier alpha value is -4.73. The first-order valence-corrected chi connectivity index (χ1v) is 9.89. The van der Waals surface area contributed by atoms with Gasteiger partial charge in [-0.05, 0) is 42.5 Å². The molecule has 0 saturated heterocycles. The first-order chi connectivity index (χ1) is 16.0. The van der Waals surface area contributed by atoms with Crippen LogP contribution in [0, 0.1) is 10.1 Å². The van der Waals surface area contributed by atoms with Gasteiger partial charge in [-0.15, -0.1) is 0 Å². The number of esters is 1. The van der Waals surface area contributed by atoms with Crippen molar-refractivity contribution in [1.82, 2.24) is 9.97 Å². The molecule has 0 unspecified atom stereocenters. The number of hydrogen-bond donors (Lipinski definition) is 2. The van der Waals surface area contributed by atoms with Gasteiger partial charge in [0.1, 0.15) is 23.9 Å². The smallest absolute Gasteiger partial charge is 0.325 e. The number of nitrogens with one attached hydrogen (secondary N) is 2. The lowest BCUT2D eigenvalue weighted by atomic mass is 10.2. The van der Waals surface area contributed by atoms with Crippen LogP contribution in [0.5, 0.6) is 11.5 Å². The Morgan fingerprint density at radius 1 is 1.00 bits per heavy atom. The van der Waals surface area contributed by atoms with Crippen LogP contribution in [0.25, 0.3) is 10.9 Å². The molecule has 0 amide bonds. The molecule has 0 fully saturated rings. The third kappa shape index (κ3) is 5.31. The molecule has 0 aliphatic carbocycles. The van der Waals surface area contributed by atoms with Gasteiger partial charge in [0.05, 0.1) is 17.5 Å². The lowest BCUT2D eigenvalue weighted by molar-refractivity contribution is -0.384. The van der Waals surface area contributed by atoms with Crippen LogP contribution in [-0.2, 0) is 9.53 Å². The number of hydrogen-bond acceptors (Lipinski definition) is 9. The van der Waals surface area contributed by atoms with Gasteiger partial charge in [-0.1, -0.05) is 18.2 Å². The van der Waals surface area contributed by atoms with Gasteiger partial charge in [-0.3, -0.25) is 14.9 Å². The van der Waals surface area contributed by atoms with Gasteiger partial charge in [0.2, 0.25) is 5.95 Å². The minimum atomic E-state index is -0.505. The summed E-state index contributed by atoms with van der Waals surface area (Å²) in [6, 6.07) is 20.9. The highest BCUT2D eigenvalue weighted by Crippen LogP contribution is 2.28. The molecule has 10 nitrogen and oxygen atoms in total. The Kier molecular flexibility index (Phi) is 6.26. The Morgan fingerprint density at radius 3 is 2.42 bits per heavy atom. The fourth-order valence-corrected chi connectivity index (χ4v) is 3.01. The number of nitrogens with zero attached hydrogens (tertiary/aromatic N) is 3. The van der Waals surface area contributed by atoms with E-state index in [0.717, 1.165) is 5.75 Å². The van der Waals surface area contributed by atoms with Crippen molar-refractivity contribution in [3.8, 4) is 11.5 Å². The van der Waals surface area contributed by atoms with Gasteiger partial charge in [-0.25, -0.2) is 4.98 Å². The van der Waals surface area contributed by atoms with E-state index in [1.165, 1.54) is 25.3 Å². The number of rotatable bonds is 8. The van der Waals surface area contributed by atoms with E-state index in [9.17, 15) is 14.9 Å². The van der Waals surface area contributed by atoms with E-state index in [-0.39, 0.29) is 24.0 Å². The summed E-state index contributed by atoms with van der Waals surface area (Å²) in [5, 5.41) is 17.5. The number of nitro benzene ring substituents is 1. The number of nitro groups is 1. The average molecular weight is 445 g/mol. The molecular weight excluding hydrogens is 426 g/mol. The Labute approximate surface area is 188 Å². The van der Waals surface area contributed by atoms with Crippen LogP contribution >= 0.6 is 0 Å². The monoisotopic (exact) mass is 445 g/mol. The maximum absolute atomic E-state index is 11.6. The molecule has 166 valence electrons. The second-order valence-corrected chi connectivity index (χ2v) is 6.85. The summed E-state index contributed by atoms with van der Waals surface area (Å²) in [6.45, 7) is -0.156. The third-order valence-electron chi connectivity index (χ3n) is 4.61. The predicted molar refractivity (Wildman–Crippen MR) is 123 cm³/mol. The lowest BCUT2D eigenvalue weighted by Crippen LogP contribution is -2.16. The number of methoxy groups -OCH3 is 1. The minimum absolute atomic E-state index is 0.109. The number of ether oxygens (including phenoxy) is 2. The Bertz CT molecular complexity index is 1300. The zero-order valence-corrected chi connectivity index (χ0v) is 17.5. The highest BCUT2D eigenvalue weighted by atomic mass is 16.6. The quantitative estimate of drug-likeness (QED) is 0.226. The van der Waals surface area contributed by atoms with Crippen LogP contribution in [0.2, 0.25) is 0 Å². The van der Waals surface area contributed by atoms with Crippen molar-refractivity contribution in [2.24, 2.45) is 0 Å². The number of fused-ring (bicyclic) bond motifs is 1. The normalized spacial score (nSPS) is 10.5. The van der Waals surface area contributed by atoms with E-state index in [2.05, 4.69) is 25.3 Å². The zero-order chi connectivity index (χ0) is 23.2. The number of benzene rings is 3. The van der Waals surface area contributed by atoms with Gasteiger partial charge in [0, 0.05) is 23.2 Å². The Morgan fingerprint density at radius 2 is 1.73 bits per heavy atom. The molecule has 33 heavy (non-hydrogen) atoms. The molecule has 0 radical (unpaired) electrons. The van der Waals surface area contributed by atoms with Crippen LogP contribution in [0.4, 0.5) is 23.1 Å². The van der Waals surface area contributed by atoms with Crippen molar-refractivity contribution in [1.29, 1.82) is 0 Å². The molecule has 1 aromatic heterocycles. The van der Waals surface area contributed by atoms with E-state index in [0.29, 0.717) is 22.3 Å². The van der Waals surface area contributed by atoms with Crippen molar-refractivity contribution in [2.45, 2.75) is 0 Å². The van der Waals surface area contributed by atoms with Crippen molar-refractivity contribution < 1.29 is 19.2 Å². The summed E-state index contributed by atoms with van der Waals surface area (Å²) in [5.41, 5.74) is 1.06. The molecule has 1 heterocycles. The number of carbonyl (C=O) groups is 1. The summed E-state index contributed by atoms with van der Waals surface area (Å²) < 4.78 is 10.4. The number of para-hydroxylation sites is 1. The topological polar surface area (TPSA) is 129 Å². The molecule has 3 aromatic carbocycles. The number of non-ortho nitro benzene ring substituents is 1. The highest BCUT2D eigenvalue weighted by Gasteiger charge is 2.14. The van der Waals surface area contributed by atoms with Crippen molar-refractivity contribution in [2.75, 3.05) is 24.3 Å². The highest BCUT2D eigenvalue weighted by molar-refractivity contribution is 5.93. The van der Waals surface area contributed by atoms with E-state index in [4.69, 9.17) is 4.74 Å². The number of anilines is 3. The maximum Gasteiger partial charge on any atom is 0.325 e. The van der Waals surface area contributed by atoms with E-state index >= 15 is 0 Å². The molecule has 0 aliphatic heterocycles. The van der Waals surface area contributed by atoms with Gasteiger partial charge in [0.25, 0.3) is 5.69 Å². The first kappa shape index (κ1) is 21.5. The molecule has 10 heteroatoms. The predicted octanol–water partition coefficient (Wildman–Crippen LogP) is 4.66. The second-order valence-electron chi connectivity index (χ2n) is 6.85. The van der Waals surface area contributed by atoms with Crippen LogP contribution in [0.1, 0.15) is 0 Å². The summed E-state index contributed by atoms with van der Waals surface area (Å²) in [4.78, 5) is 31.1. The average Bonchev–Trinajstić information content (AvgIpc) is 2.83. The van der Waals surface area contributed by atoms with Crippen molar-refractivity contribution >= 4 is 40.0 Å². The first-order valence-electron chi connectivity index (χ1n) is 9.89. The lowest BCUT2D eigenvalue weighted by Gasteiger charge is -2.12. The molecule has 0 aliphatic rings. The van der Waals surface area contributed by atoms with Gasteiger partial charge >= 0.3 is 5.97 Å². The molecule has 0 saturated carbocycles. The van der Waals surface area contributed by atoms with Crippen LogP contribution < -0.4 is 15.4 Å². The van der Waals surface area contributed by atoms with Gasteiger partial charge in [-0.2, -0.15) is 4.98 Å². The molecule has 4 rings (SSSR count). The zero-order valence-electron chi connectivity index (χ0n) is 17.5. The van der Waals surface area contributed by atoms with Crippen LogP contribution in [0.3, 0.4) is 0 Å². The molecule has 2 N–H and O–H groups in total.